The summed E-state index contributed by atoms with van der Waals surface area (Å²) in [7, 11) is -3.96. The molecule has 2 aromatic carbocycles. The Bertz CT molecular complexity index is 790. The van der Waals surface area contributed by atoms with Gasteiger partial charge in [0.25, 0.3) is 10.0 Å². The summed E-state index contributed by atoms with van der Waals surface area (Å²) >= 11 is 5.74. The molecule has 0 saturated heterocycles. The fraction of sp³-hybridized carbons (Fsp3) is 0. The largest absolute Gasteiger partial charge is 0.545 e. The number of halogens is 2. The third kappa shape index (κ3) is 3.50. The van der Waals surface area contributed by atoms with Crippen molar-refractivity contribution in [2.75, 3.05) is 4.72 Å². The molecular formula is C13H8ClFNO4S-. The molecule has 8 heteroatoms. The zero-order valence-electron chi connectivity index (χ0n) is 10.3. The van der Waals surface area contributed by atoms with E-state index in [-0.39, 0.29) is 21.2 Å². The van der Waals surface area contributed by atoms with Crippen LogP contribution >= 0.6 is 11.6 Å². The zero-order chi connectivity index (χ0) is 15.6. The van der Waals surface area contributed by atoms with Gasteiger partial charge in [-0.2, -0.15) is 0 Å². The van der Waals surface area contributed by atoms with Crippen molar-refractivity contribution in [3.63, 3.8) is 0 Å². The molecule has 0 amide bonds. The molecule has 0 aliphatic heterocycles. The van der Waals surface area contributed by atoms with E-state index in [1.807, 2.05) is 0 Å². The van der Waals surface area contributed by atoms with E-state index in [9.17, 15) is 22.7 Å². The van der Waals surface area contributed by atoms with Crippen molar-refractivity contribution in [2.45, 2.75) is 4.90 Å². The molecule has 0 aliphatic rings. The van der Waals surface area contributed by atoms with Crippen LogP contribution < -0.4 is 9.83 Å². The minimum atomic E-state index is -3.96. The quantitative estimate of drug-likeness (QED) is 0.924. The number of benzene rings is 2. The Labute approximate surface area is 125 Å². The fourth-order valence-corrected chi connectivity index (χ4v) is 2.90. The van der Waals surface area contributed by atoms with Gasteiger partial charge in [-0.15, -0.1) is 0 Å². The van der Waals surface area contributed by atoms with Crippen LogP contribution in [0.5, 0.6) is 0 Å². The van der Waals surface area contributed by atoms with Gasteiger partial charge >= 0.3 is 0 Å². The lowest BCUT2D eigenvalue weighted by atomic mass is 10.2. The predicted molar refractivity (Wildman–Crippen MR) is 73.0 cm³/mol. The molecule has 0 aliphatic carbocycles. The monoisotopic (exact) mass is 328 g/mol. The van der Waals surface area contributed by atoms with Crippen LogP contribution in [0.1, 0.15) is 10.4 Å². The summed E-state index contributed by atoms with van der Waals surface area (Å²) in [6, 6.07) is 7.66. The molecule has 0 saturated carbocycles. The maximum absolute atomic E-state index is 12.9. The first-order chi connectivity index (χ1) is 9.79. The van der Waals surface area contributed by atoms with Crippen LogP contribution in [0.3, 0.4) is 0 Å². The van der Waals surface area contributed by atoms with Gasteiger partial charge in [0.05, 0.1) is 21.6 Å². The Balaban J connectivity index is 2.31. The van der Waals surface area contributed by atoms with Gasteiger partial charge in [0.1, 0.15) is 5.82 Å². The number of carbonyl (C=O) groups is 1. The number of carbonyl (C=O) groups excluding carboxylic acids is 1. The second kappa shape index (κ2) is 5.71. The molecule has 0 fully saturated rings. The SMILES string of the molecule is O=C([O-])c1ccc(S(=O)(=O)Nc2ccc(F)cc2Cl)cc1. The number of anilines is 1. The van der Waals surface area contributed by atoms with Crippen molar-refractivity contribution in [1.29, 1.82) is 0 Å². The van der Waals surface area contributed by atoms with E-state index in [1.165, 1.54) is 6.07 Å². The summed E-state index contributed by atoms with van der Waals surface area (Å²) in [5.74, 6) is -2.00. The lowest BCUT2D eigenvalue weighted by molar-refractivity contribution is -0.255. The smallest absolute Gasteiger partial charge is 0.261 e. The van der Waals surface area contributed by atoms with E-state index in [4.69, 9.17) is 11.6 Å². The summed E-state index contributed by atoms with van der Waals surface area (Å²) in [5.41, 5.74) is -0.129. The Morgan fingerprint density at radius 1 is 1.14 bits per heavy atom. The molecule has 1 N–H and O–H groups in total. The van der Waals surface area contributed by atoms with Crippen molar-refractivity contribution < 1.29 is 22.7 Å². The maximum Gasteiger partial charge on any atom is 0.261 e. The van der Waals surface area contributed by atoms with E-state index in [0.717, 1.165) is 36.4 Å². The molecule has 2 aromatic rings. The normalized spacial score (nSPS) is 11.1. The molecule has 0 heterocycles. The van der Waals surface area contributed by atoms with Crippen LogP contribution in [0.15, 0.2) is 47.4 Å². The number of aromatic carboxylic acids is 1. The van der Waals surface area contributed by atoms with Crippen LogP contribution in [0.25, 0.3) is 0 Å². The average molecular weight is 329 g/mol. The number of hydrogen-bond donors (Lipinski definition) is 1. The van der Waals surface area contributed by atoms with Crippen LogP contribution in [0, 0.1) is 5.82 Å². The lowest BCUT2D eigenvalue weighted by Gasteiger charge is -2.10. The van der Waals surface area contributed by atoms with Crippen molar-refractivity contribution >= 4 is 33.3 Å². The van der Waals surface area contributed by atoms with Gasteiger partial charge in [0.2, 0.25) is 0 Å². The second-order valence-corrected chi connectivity index (χ2v) is 6.13. The minimum absolute atomic E-state index is 0.0158. The first-order valence-electron chi connectivity index (χ1n) is 5.59. The van der Waals surface area contributed by atoms with Gasteiger partial charge in [-0.3, -0.25) is 4.72 Å². The molecule has 0 aromatic heterocycles. The van der Waals surface area contributed by atoms with Crippen molar-refractivity contribution in [2.24, 2.45) is 0 Å². The lowest BCUT2D eigenvalue weighted by Crippen LogP contribution is -2.22. The summed E-state index contributed by atoms with van der Waals surface area (Å²) in [6.45, 7) is 0. The van der Waals surface area contributed by atoms with Crippen molar-refractivity contribution in [3.05, 3.63) is 58.9 Å². The van der Waals surface area contributed by atoms with Gasteiger partial charge in [-0.25, -0.2) is 12.8 Å². The molecule has 5 nitrogen and oxygen atoms in total. The number of nitrogens with one attached hydrogen (secondary N) is 1. The number of sulfonamides is 1. The summed E-state index contributed by atoms with van der Waals surface area (Å²) < 4.78 is 39.3. The van der Waals surface area contributed by atoms with Crippen molar-refractivity contribution in [1.82, 2.24) is 0 Å². The van der Waals surface area contributed by atoms with Gasteiger partial charge in [0.15, 0.2) is 0 Å². The van der Waals surface area contributed by atoms with E-state index < -0.39 is 21.8 Å². The van der Waals surface area contributed by atoms with E-state index in [2.05, 4.69) is 4.72 Å². The molecule has 0 atom stereocenters. The summed E-state index contributed by atoms with van der Waals surface area (Å²) in [6.07, 6.45) is 0. The Hall–Kier alpha value is -2.12. The van der Waals surface area contributed by atoms with Gasteiger partial charge < -0.3 is 9.90 Å². The first-order valence-corrected chi connectivity index (χ1v) is 7.45. The molecule has 0 spiro atoms. The Kier molecular flexibility index (Phi) is 4.15. The average Bonchev–Trinajstić information content (AvgIpc) is 2.42. The highest BCUT2D eigenvalue weighted by Gasteiger charge is 2.16. The van der Waals surface area contributed by atoms with E-state index in [1.54, 1.807) is 0 Å². The molecular weight excluding hydrogens is 321 g/mol. The maximum atomic E-state index is 12.9. The highest BCUT2D eigenvalue weighted by atomic mass is 35.5. The molecule has 2 rings (SSSR count). The minimum Gasteiger partial charge on any atom is -0.545 e. The fourth-order valence-electron chi connectivity index (χ4n) is 1.55. The van der Waals surface area contributed by atoms with Crippen LogP contribution in [-0.4, -0.2) is 14.4 Å². The molecule has 0 radical (unpaired) electrons. The van der Waals surface area contributed by atoms with Crippen molar-refractivity contribution in [3.8, 4) is 0 Å². The topological polar surface area (TPSA) is 86.3 Å². The summed E-state index contributed by atoms with van der Waals surface area (Å²) in [4.78, 5) is 10.4. The van der Waals surface area contributed by atoms with Crippen LogP contribution in [-0.2, 0) is 10.0 Å². The molecule has 0 bridgehead atoms. The van der Waals surface area contributed by atoms with Gasteiger partial charge in [-0.05, 0) is 35.9 Å². The van der Waals surface area contributed by atoms with Crippen LogP contribution in [0.2, 0.25) is 5.02 Å². The molecule has 110 valence electrons. The Morgan fingerprint density at radius 2 is 1.76 bits per heavy atom. The van der Waals surface area contributed by atoms with E-state index >= 15 is 0 Å². The first kappa shape index (κ1) is 15.3. The van der Waals surface area contributed by atoms with Gasteiger partial charge in [-0.1, -0.05) is 23.7 Å². The highest BCUT2D eigenvalue weighted by molar-refractivity contribution is 7.92. The Morgan fingerprint density at radius 3 is 2.29 bits per heavy atom. The third-order valence-corrected chi connectivity index (χ3v) is 4.27. The standard InChI is InChI=1S/C13H9ClFNO4S/c14-11-7-9(15)3-6-12(11)16-21(19,20)10-4-1-8(2-5-10)13(17)18/h1-7,16H,(H,17,18)/p-1. The number of rotatable bonds is 4. The van der Waals surface area contributed by atoms with E-state index in [0.29, 0.717) is 0 Å². The third-order valence-electron chi connectivity index (χ3n) is 2.58. The number of carboxylic acid groups (broad SMARTS) is 1. The predicted octanol–water partition coefficient (Wildman–Crippen LogP) is 1.64. The highest BCUT2D eigenvalue weighted by Crippen LogP contribution is 2.25. The summed E-state index contributed by atoms with van der Waals surface area (Å²) in [5, 5.41) is 10.5. The zero-order valence-corrected chi connectivity index (χ0v) is 11.9. The molecule has 21 heavy (non-hydrogen) atoms. The second-order valence-electron chi connectivity index (χ2n) is 4.04. The number of hydrogen-bond acceptors (Lipinski definition) is 4. The van der Waals surface area contributed by atoms with Crippen LogP contribution in [0.4, 0.5) is 10.1 Å². The number of carboxylic acids is 1. The van der Waals surface area contributed by atoms with Gasteiger partial charge in [0, 0.05) is 0 Å². The molecule has 0 unspecified atom stereocenters.